The van der Waals surface area contributed by atoms with Crippen LogP contribution in [0.15, 0.2) is 18.2 Å². The van der Waals surface area contributed by atoms with Gasteiger partial charge < -0.3 is 15.7 Å². The molecule has 3 N–H and O–H groups in total. The van der Waals surface area contributed by atoms with E-state index in [1.165, 1.54) is 6.92 Å². The molecular weight excluding hydrogens is 256 g/mol. The largest absolute Gasteiger partial charge is 0.392 e. The molecule has 0 aliphatic carbocycles. The Hall–Kier alpha value is -1.59. The minimum Gasteiger partial charge on any atom is -0.392 e. The number of aliphatic hydroxyl groups is 1. The molecule has 0 aliphatic heterocycles. The molecule has 0 spiro atoms. The Morgan fingerprint density at radius 3 is 2.67 bits per heavy atom. The Bertz CT molecular complexity index is 461. The first-order chi connectivity index (χ1) is 8.41. The van der Waals surface area contributed by atoms with Gasteiger partial charge >= 0.3 is 11.8 Å². The van der Waals surface area contributed by atoms with E-state index in [0.29, 0.717) is 10.7 Å². The summed E-state index contributed by atoms with van der Waals surface area (Å²) in [5, 5.41) is 14.1. The van der Waals surface area contributed by atoms with E-state index < -0.39 is 17.9 Å². The lowest BCUT2D eigenvalue weighted by Crippen LogP contribution is -2.38. The van der Waals surface area contributed by atoms with Crippen LogP contribution in [0.3, 0.4) is 0 Å². The van der Waals surface area contributed by atoms with Crippen LogP contribution in [-0.4, -0.2) is 29.6 Å². The van der Waals surface area contributed by atoms with Crippen molar-refractivity contribution in [2.24, 2.45) is 0 Å². The van der Waals surface area contributed by atoms with Crippen LogP contribution in [0.5, 0.6) is 0 Å². The molecule has 1 aromatic carbocycles. The Kier molecular flexibility index (Phi) is 5.12. The number of aryl methyl sites for hydroxylation is 1. The van der Waals surface area contributed by atoms with Crippen LogP contribution in [0.2, 0.25) is 5.02 Å². The summed E-state index contributed by atoms with van der Waals surface area (Å²) in [5.41, 5.74) is 1.19. The first kappa shape index (κ1) is 14.5. The van der Waals surface area contributed by atoms with Crippen molar-refractivity contribution in [2.45, 2.75) is 20.0 Å². The fourth-order valence-electron chi connectivity index (χ4n) is 1.24. The van der Waals surface area contributed by atoms with Gasteiger partial charge in [0.1, 0.15) is 0 Å². The molecule has 2 amide bonds. The number of halogens is 1. The quantitative estimate of drug-likeness (QED) is 0.720. The van der Waals surface area contributed by atoms with Gasteiger partial charge in [-0.15, -0.1) is 0 Å². The van der Waals surface area contributed by atoms with Gasteiger partial charge in [0.2, 0.25) is 0 Å². The van der Waals surface area contributed by atoms with Crippen molar-refractivity contribution < 1.29 is 14.7 Å². The molecule has 0 heterocycles. The standard InChI is InChI=1S/C12H15ClN2O3/c1-7-4-3-5-9(10(7)13)15-12(18)11(17)14-6-8(2)16/h3-5,8,16H,6H2,1-2H3,(H,14,17)(H,15,18). The third kappa shape index (κ3) is 4.01. The predicted molar refractivity (Wildman–Crippen MR) is 69.5 cm³/mol. The number of carbonyl (C=O) groups excluding carboxylic acids is 2. The van der Waals surface area contributed by atoms with Crippen molar-refractivity contribution in [3.05, 3.63) is 28.8 Å². The second-order valence-electron chi connectivity index (χ2n) is 3.95. The van der Waals surface area contributed by atoms with Crippen LogP contribution < -0.4 is 10.6 Å². The van der Waals surface area contributed by atoms with E-state index in [4.69, 9.17) is 16.7 Å². The molecule has 0 radical (unpaired) electrons. The predicted octanol–water partition coefficient (Wildman–Crippen LogP) is 1.08. The van der Waals surface area contributed by atoms with Crippen LogP contribution in [0.1, 0.15) is 12.5 Å². The van der Waals surface area contributed by atoms with Gasteiger partial charge in [0.25, 0.3) is 0 Å². The molecule has 5 nitrogen and oxygen atoms in total. The van der Waals surface area contributed by atoms with Gasteiger partial charge in [0.05, 0.1) is 16.8 Å². The topological polar surface area (TPSA) is 78.4 Å². The Morgan fingerprint density at radius 1 is 1.39 bits per heavy atom. The van der Waals surface area contributed by atoms with Gasteiger partial charge in [-0.25, -0.2) is 0 Å². The maximum absolute atomic E-state index is 11.5. The molecule has 0 fully saturated rings. The first-order valence-electron chi connectivity index (χ1n) is 5.44. The molecule has 0 saturated carbocycles. The van der Waals surface area contributed by atoms with Gasteiger partial charge in [0, 0.05) is 6.54 Å². The molecule has 1 aromatic rings. The summed E-state index contributed by atoms with van der Waals surface area (Å²) in [4.78, 5) is 22.9. The number of rotatable bonds is 3. The minimum atomic E-state index is -0.817. The summed E-state index contributed by atoms with van der Waals surface area (Å²) in [6, 6.07) is 5.13. The molecule has 18 heavy (non-hydrogen) atoms. The van der Waals surface area contributed by atoms with Crippen molar-refractivity contribution in [1.29, 1.82) is 0 Å². The van der Waals surface area contributed by atoms with Gasteiger partial charge in [-0.2, -0.15) is 0 Å². The van der Waals surface area contributed by atoms with Crippen LogP contribution in [0.25, 0.3) is 0 Å². The highest BCUT2D eigenvalue weighted by atomic mass is 35.5. The zero-order valence-electron chi connectivity index (χ0n) is 10.2. The summed E-state index contributed by atoms with van der Waals surface area (Å²) >= 11 is 5.98. The molecule has 1 atom stereocenters. The third-order valence-electron chi connectivity index (χ3n) is 2.20. The van der Waals surface area contributed by atoms with E-state index in [2.05, 4.69) is 10.6 Å². The maximum Gasteiger partial charge on any atom is 0.313 e. The van der Waals surface area contributed by atoms with Gasteiger partial charge in [-0.3, -0.25) is 9.59 Å². The first-order valence-corrected chi connectivity index (χ1v) is 5.82. The molecule has 1 rings (SSSR count). The van der Waals surface area contributed by atoms with Crippen molar-refractivity contribution in [2.75, 3.05) is 11.9 Å². The highest BCUT2D eigenvalue weighted by Gasteiger charge is 2.15. The highest BCUT2D eigenvalue weighted by molar-refractivity contribution is 6.41. The zero-order valence-corrected chi connectivity index (χ0v) is 10.9. The summed E-state index contributed by atoms with van der Waals surface area (Å²) in [5.74, 6) is -1.63. The average Bonchev–Trinajstić information content (AvgIpc) is 2.31. The van der Waals surface area contributed by atoms with Gasteiger partial charge in [0.15, 0.2) is 0 Å². The third-order valence-corrected chi connectivity index (χ3v) is 2.71. The molecule has 0 saturated heterocycles. The number of anilines is 1. The molecule has 98 valence electrons. The van der Waals surface area contributed by atoms with Crippen LogP contribution in [0.4, 0.5) is 5.69 Å². The second-order valence-corrected chi connectivity index (χ2v) is 4.33. The summed E-state index contributed by atoms with van der Waals surface area (Å²) < 4.78 is 0. The highest BCUT2D eigenvalue weighted by Crippen LogP contribution is 2.24. The van der Waals surface area contributed by atoms with E-state index in [1.54, 1.807) is 25.1 Å². The van der Waals surface area contributed by atoms with E-state index in [-0.39, 0.29) is 6.54 Å². The number of carbonyl (C=O) groups is 2. The summed E-state index contributed by atoms with van der Waals surface area (Å²) in [6.45, 7) is 3.33. The lowest BCUT2D eigenvalue weighted by atomic mass is 10.2. The maximum atomic E-state index is 11.5. The number of hydrogen-bond acceptors (Lipinski definition) is 3. The lowest BCUT2D eigenvalue weighted by molar-refractivity contribution is -0.136. The number of hydrogen-bond donors (Lipinski definition) is 3. The minimum absolute atomic E-state index is 0.0216. The SMILES string of the molecule is Cc1cccc(NC(=O)C(=O)NCC(C)O)c1Cl. The fourth-order valence-corrected chi connectivity index (χ4v) is 1.42. The smallest absolute Gasteiger partial charge is 0.313 e. The molecular formula is C12H15ClN2O3. The molecule has 0 aromatic heterocycles. The van der Waals surface area contributed by atoms with Crippen LogP contribution >= 0.6 is 11.6 Å². The Labute approximate surface area is 110 Å². The van der Waals surface area contributed by atoms with Crippen molar-refractivity contribution in [3.63, 3.8) is 0 Å². The zero-order chi connectivity index (χ0) is 13.7. The van der Waals surface area contributed by atoms with E-state index in [0.717, 1.165) is 5.56 Å². The molecule has 0 aliphatic rings. The summed E-state index contributed by atoms with van der Waals surface area (Å²) in [7, 11) is 0. The van der Waals surface area contributed by atoms with Gasteiger partial charge in [-0.05, 0) is 25.5 Å². The fraction of sp³-hybridized carbons (Fsp3) is 0.333. The van der Waals surface area contributed by atoms with Crippen LogP contribution in [-0.2, 0) is 9.59 Å². The Balaban J connectivity index is 2.64. The van der Waals surface area contributed by atoms with Gasteiger partial charge in [-0.1, -0.05) is 23.7 Å². The second kappa shape index (κ2) is 6.37. The van der Waals surface area contributed by atoms with Crippen LogP contribution in [0, 0.1) is 6.92 Å². The van der Waals surface area contributed by atoms with Crippen molar-refractivity contribution in [1.82, 2.24) is 5.32 Å². The monoisotopic (exact) mass is 270 g/mol. The van der Waals surface area contributed by atoms with E-state index in [9.17, 15) is 9.59 Å². The molecule has 1 unspecified atom stereocenters. The number of nitrogens with one attached hydrogen (secondary N) is 2. The normalized spacial score (nSPS) is 11.8. The number of benzene rings is 1. The van der Waals surface area contributed by atoms with Crippen molar-refractivity contribution >= 4 is 29.1 Å². The Morgan fingerprint density at radius 2 is 2.06 bits per heavy atom. The van der Waals surface area contributed by atoms with E-state index in [1.807, 2.05) is 0 Å². The molecule has 6 heteroatoms. The summed E-state index contributed by atoms with van der Waals surface area (Å²) in [6.07, 6.45) is -0.704. The lowest BCUT2D eigenvalue weighted by Gasteiger charge is -2.09. The average molecular weight is 271 g/mol. The molecule has 0 bridgehead atoms. The van der Waals surface area contributed by atoms with E-state index >= 15 is 0 Å². The number of aliphatic hydroxyl groups excluding tert-OH is 1. The van der Waals surface area contributed by atoms with Crippen molar-refractivity contribution in [3.8, 4) is 0 Å². The number of amides is 2.